The summed E-state index contributed by atoms with van der Waals surface area (Å²) in [6, 6.07) is 1.55. The van der Waals surface area contributed by atoms with Crippen LogP contribution in [-0.2, 0) is 13.7 Å². The summed E-state index contributed by atoms with van der Waals surface area (Å²) < 4.78 is 12.6. The second kappa shape index (κ2) is 5.15. The highest BCUT2D eigenvalue weighted by Gasteiger charge is 2.16. The highest BCUT2D eigenvalue weighted by atomic mass is 16.5. The second-order valence-electron chi connectivity index (χ2n) is 4.14. The molecule has 7 nitrogen and oxygen atoms in total. The third kappa shape index (κ3) is 2.45. The monoisotopic (exact) mass is 264 g/mol. The Morgan fingerprint density at radius 1 is 1.58 bits per heavy atom. The minimum absolute atomic E-state index is 0.142. The Morgan fingerprint density at radius 3 is 2.89 bits per heavy atom. The molecule has 3 N–H and O–H groups in total. The number of nitrogen functional groups attached to an aromatic ring is 1. The summed E-state index contributed by atoms with van der Waals surface area (Å²) in [7, 11) is 1.84. The molecule has 0 aliphatic heterocycles. The van der Waals surface area contributed by atoms with E-state index in [1.54, 1.807) is 10.7 Å². The molecule has 19 heavy (non-hydrogen) atoms. The zero-order chi connectivity index (χ0) is 14.0. The zero-order valence-electron chi connectivity index (χ0n) is 11.1. The van der Waals surface area contributed by atoms with Crippen LogP contribution in [-0.4, -0.2) is 15.7 Å². The zero-order valence-corrected chi connectivity index (χ0v) is 11.1. The van der Waals surface area contributed by atoms with Gasteiger partial charge in [-0.2, -0.15) is 5.10 Å². The van der Waals surface area contributed by atoms with E-state index in [0.29, 0.717) is 17.1 Å². The van der Waals surface area contributed by atoms with Crippen molar-refractivity contribution in [2.24, 2.45) is 12.9 Å². The molecule has 0 aliphatic rings. The average molecular weight is 264 g/mol. The number of hydrazine groups is 1. The van der Waals surface area contributed by atoms with Crippen LogP contribution in [0.4, 0.5) is 0 Å². The van der Waals surface area contributed by atoms with E-state index in [-0.39, 0.29) is 6.61 Å². The van der Waals surface area contributed by atoms with Gasteiger partial charge in [0.25, 0.3) is 5.91 Å². The molecule has 102 valence electrons. The molecule has 0 aliphatic carbocycles. The molecule has 0 spiro atoms. The molecular formula is C12H16N4O3. The second-order valence-corrected chi connectivity index (χ2v) is 4.14. The van der Waals surface area contributed by atoms with Crippen molar-refractivity contribution in [3.05, 3.63) is 35.0 Å². The van der Waals surface area contributed by atoms with Gasteiger partial charge in [-0.1, -0.05) is 0 Å². The molecule has 0 unspecified atom stereocenters. The van der Waals surface area contributed by atoms with Crippen LogP contribution in [0.3, 0.4) is 0 Å². The lowest BCUT2D eigenvalue weighted by Crippen LogP contribution is -2.30. The van der Waals surface area contributed by atoms with Crippen LogP contribution in [0.15, 0.2) is 16.7 Å². The molecule has 0 saturated carbocycles. The normalized spacial score (nSPS) is 10.5. The molecule has 0 aromatic carbocycles. The number of hydrogen-bond acceptors (Lipinski definition) is 5. The van der Waals surface area contributed by atoms with Crippen LogP contribution in [0.2, 0.25) is 0 Å². The Labute approximate surface area is 110 Å². The lowest BCUT2D eigenvalue weighted by molar-refractivity contribution is 0.0949. The third-order valence-electron chi connectivity index (χ3n) is 2.91. The van der Waals surface area contributed by atoms with Gasteiger partial charge in [0.1, 0.15) is 12.3 Å². The predicted molar refractivity (Wildman–Crippen MR) is 67.4 cm³/mol. The van der Waals surface area contributed by atoms with Crippen molar-refractivity contribution in [1.29, 1.82) is 0 Å². The summed E-state index contributed by atoms with van der Waals surface area (Å²) in [6.45, 7) is 3.91. The van der Waals surface area contributed by atoms with E-state index in [1.165, 1.54) is 6.26 Å². The number of aryl methyl sites for hydroxylation is 2. The van der Waals surface area contributed by atoms with Crippen molar-refractivity contribution in [3.8, 4) is 5.75 Å². The fraction of sp³-hybridized carbons (Fsp3) is 0.333. The van der Waals surface area contributed by atoms with Crippen molar-refractivity contribution in [3.63, 3.8) is 0 Å². The van der Waals surface area contributed by atoms with Crippen molar-refractivity contribution in [2.45, 2.75) is 20.5 Å². The van der Waals surface area contributed by atoms with E-state index < -0.39 is 5.91 Å². The smallest absolute Gasteiger partial charge is 0.268 e. The first kappa shape index (κ1) is 13.2. The van der Waals surface area contributed by atoms with Crippen LogP contribution in [0.1, 0.15) is 27.5 Å². The standard InChI is InChI=1S/C12H16N4O3/c1-7-11(8(2)16(3)15-7)19-6-10-9(4-5-18-10)12(17)14-13/h4-5H,6,13H2,1-3H3,(H,14,17). The molecule has 0 bridgehead atoms. The van der Waals surface area contributed by atoms with E-state index in [9.17, 15) is 4.79 Å². The topological polar surface area (TPSA) is 95.3 Å². The molecule has 0 saturated heterocycles. The van der Waals surface area contributed by atoms with Crippen LogP contribution >= 0.6 is 0 Å². The van der Waals surface area contributed by atoms with Gasteiger partial charge >= 0.3 is 0 Å². The van der Waals surface area contributed by atoms with Crippen LogP contribution in [0, 0.1) is 13.8 Å². The minimum atomic E-state index is -0.410. The fourth-order valence-corrected chi connectivity index (χ4v) is 1.83. The Hall–Kier alpha value is -2.28. The van der Waals surface area contributed by atoms with Gasteiger partial charge < -0.3 is 9.15 Å². The molecule has 1 amide bonds. The molecular weight excluding hydrogens is 248 g/mol. The maximum Gasteiger partial charge on any atom is 0.268 e. The third-order valence-corrected chi connectivity index (χ3v) is 2.91. The first-order valence-corrected chi connectivity index (χ1v) is 5.75. The van der Waals surface area contributed by atoms with Crippen molar-refractivity contribution in [2.75, 3.05) is 0 Å². The highest BCUT2D eigenvalue weighted by molar-refractivity contribution is 5.94. The molecule has 2 aromatic rings. The Kier molecular flexibility index (Phi) is 3.57. The van der Waals surface area contributed by atoms with Crippen molar-refractivity contribution in [1.82, 2.24) is 15.2 Å². The molecule has 2 heterocycles. The number of nitrogens with zero attached hydrogens (tertiary/aromatic N) is 2. The van der Waals surface area contributed by atoms with E-state index in [1.807, 2.05) is 20.9 Å². The summed E-state index contributed by atoms with van der Waals surface area (Å²) in [6.07, 6.45) is 1.42. The summed E-state index contributed by atoms with van der Waals surface area (Å²) >= 11 is 0. The predicted octanol–water partition coefficient (Wildman–Crippen LogP) is 0.812. The lowest BCUT2D eigenvalue weighted by atomic mass is 10.2. The van der Waals surface area contributed by atoms with Crippen molar-refractivity contribution >= 4 is 5.91 Å². The van der Waals surface area contributed by atoms with Gasteiger partial charge in [0.15, 0.2) is 11.5 Å². The quantitative estimate of drug-likeness (QED) is 0.484. The summed E-state index contributed by atoms with van der Waals surface area (Å²) in [5, 5.41) is 4.25. The number of nitrogens with two attached hydrogens (primary N) is 1. The Bertz CT molecular complexity index is 600. The number of rotatable bonds is 4. The number of amides is 1. The Balaban J connectivity index is 2.15. The summed E-state index contributed by atoms with van der Waals surface area (Å²) in [5.41, 5.74) is 4.12. The number of furan rings is 1. The van der Waals surface area contributed by atoms with Crippen molar-refractivity contribution < 1.29 is 13.9 Å². The molecule has 0 radical (unpaired) electrons. The summed E-state index contributed by atoms with van der Waals surface area (Å²) in [4.78, 5) is 11.5. The first-order chi connectivity index (χ1) is 9.04. The highest BCUT2D eigenvalue weighted by Crippen LogP contribution is 2.23. The van der Waals surface area contributed by atoms with Gasteiger partial charge in [-0.3, -0.25) is 14.9 Å². The van der Waals surface area contributed by atoms with Gasteiger partial charge in [0.2, 0.25) is 0 Å². The number of aromatic nitrogens is 2. The molecule has 0 atom stereocenters. The fourth-order valence-electron chi connectivity index (χ4n) is 1.83. The molecule has 2 aromatic heterocycles. The van der Waals surface area contributed by atoms with Gasteiger partial charge in [-0.25, -0.2) is 5.84 Å². The maximum atomic E-state index is 11.5. The number of carbonyl (C=O) groups excluding carboxylic acids is 1. The number of nitrogens with one attached hydrogen (secondary N) is 1. The lowest BCUT2D eigenvalue weighted by Gasteiger charge is -2.06. The van der Waals surface area contributed by atoms with Gasteiger partial charge in [-0.05, 0) is 19.9 Å². The largest absolute Gasteiger partial charge is 0.482 e. The first-order valence-electron chi connectivity index (χ1n) is 5.75. The Morgan fingerprint density at radius 2 is 2.32 bits per heavy atom. The minimum Gasteiger partial charge on any atom is -0.482 e. The molecule has 2 rings (SSSR count). The number of ether oxygens (including phenoxy) is 1. The SMILES string of the molecule is Cc1nn(C)c(C)c1OCc1occc1C(=O)NN. The van der Waals surface area contributed by atoms with Gasteiger partial charge in [0, 0.05) is 7.05 Å². The van der Waals surface area contributed by atoms with Gasteiger partial charge in [0.05, 0.1) is 17.5 Å². The average Bonchev–Trinajstić information content (AvgIpc) is 2.94. The van der Waals surface area contributed by atoms with Crippen LogP contribution < -0.4 is 16.0 Å². The van der Waals surface area contributed by atoms with E-state index in [0.717, 1.165) is 11.4 Å². The summed E-state index contributed by atoms with van der Waals surface area (Å²) in [5.74, 6) is 5.80. The molecule has 0 fully saturated rings. The maximum absolute atomic E-state index is 11.5. The van der Waals surface area contributed by atoms with Gasteiger partial charge in [-0.15, -0.1) is 0 Å². The van der Waals surface area contributed by atoms with E-state index in [4.69, 9.17) is 15.0 Å². The number of carbonyl (C=O) groups is 1. The number of hydrogen-bond donors (Lipinski definition) is 2. The van der Waals surface area contributed by atoms with E-state index >= 15 is 0 Å². The molecule has 7 heteroatoms. The van der Waals surface area contributed by atoms with E-state index in [2.05, 4.69) is 10.5 Å². The van der Waals surface area contributed by atoms with Crippen LogP contribution in [0.5, 0.6) is 5.75 Å². The van der Waals surface area contributed by atoms with Crippen LogP contribution in [0.25, 0.3) is 0 Å².